The third kappa shape index (κ3) is 3.16. The van der Waals surface area contributed by atoms with Gasteiger partial charge in [0.05, 0.1) is 22.8 Å². The first-order valence-corrected chi connectivity index (χ1v) is 10.3. The van der Waals surface area contributed by atoms with E-state index < -0.39 is 0 Å². The first-order chi connectivity index (χ1) is 14.6. The van der Waals surface area contributed by atoms with E-state index in [2.05, 4.69) is 15.5 Å². The molecule has 1 saturated carbocycles. The van der Waals surface area contributed by atoms with Crippen molar-refractivity contribution in [3.8, 4) is 0 Å². The Morgan fingerprint density at radius 3 is 2.57 bits per heavy atom. The molecule has 152 valence electrons. The van der Waals surface area contributed by atoms with Gasteiger partial charge in [-0.1, -0.05) is 25.0 Å². The predicted molar refractivity (Wildman–Crippen MR) is 112 cm³/mol. The highest BCUT2D eigenvalue weighted by molar-refractivity contribution is 6.21. The van der Waals surface area contributed by atoms with Crippen LogP contribution in [0.25, 0.3) is 10.9 Å². The van der Waals surface area contributed by atoms with Gasteiger partial charge in [0.15, 0.2) is 0 Å². The molecule has 0 spiro atoms. The number of carbonyl (C=O) groups is 3. The minimum atomic E-state index is -0.259. The maximum absolute atomic E-state index is 13.1. The lowest BCUT2D eigenvalue weighted by atomic mass is 9.78. The summed E-state index contributed by atoms with van der Waals surface area (Å²) in [7, 11) is 0. The summed E-state index contributed by atoms with van der Waals surface area (Å²) in [6.07, 6.45) is 5.28. The van der Waals surface area contributed by atoms with Crippen LogP contribution in [0.1, 0.15) is 46.4 Å². The minimum absolute atomic E-state index is 0.0446. The van der Waals surface area contributed by atoms with Crippen molar-refractivity contribution in [2.75, 3.05) is 11.9 Å². The molecule has 0 bridgehead atoms. The first-order valence-electron chi connectivity index (χ1n) is 10.3. The summed E-state index contributed by atoms with van der Waals surface area (Å²) in [4.78, 5) is 39.9. The molecule has 2 unspecified atom stereocenters. The summed E-state index contributed by atoms with van der Waals surface area (Å²) in [5.74, 6) is -0.859. The lowest BCUT2D eigenvalue weighted by Gasteiger charge is -2.32. The quantitative estimate of drug-likeness (QED) is 0.652. The smallest absolute Gasteiger partial charge is 0.261 e. The van der Waals surface area contributed by atoms with Crippen molar-refractivity contribution in [1.82, 2.24) is 15.1 Å². The van der Waals surface area contributed by atoms with Crippen LogP contribution >= 0.6 is 0 Å². The normalized spacial score (nSPS) is 21.1. The summed E-state index contributed by atoms with van der Waals surface area (Å²) in [6.45, 7) is 0.282. The molecule has 7 heteroatoms. The number of imide groups is 1. The Morgan fingerprint density at radius 2 is 1.80 bits per heavy atom. The van der Waals surface area contributed by atoms with Crippen molar-refractivity contribution in [1.29, 1.82) is 0 Å². The van der Waals surface area contributed by atoms with E-state index in [1.807, 2.05) is 18.2 Å². The molecule has 1 fully saturated rings. The van der Waals surface area contributed by atoms with Gasteiger partial charge in [-0.15, -0.1) is 0 Å². The number of rotatable bonds is 4. The van der Waals surface area contributed by atoms with Crippen LogP contribution in [-0.4, -0.2) is 39.4 Å². The zero-order valence-electron chi connectivity index (χ0n) is 16.4. The maximum Gasteiger partial charge on any atom is 0.261 e. The Morgan fingerprint density at radius 1 is 1.07 bits per heavy atom. The topological polar surface area (TPSA) is 95.2 Å². The van der Waals surface area contributed by atoms with Gasteiger partial charge in [0.25, 0.3) is 11.8 Å². The molecule has 3 amide bonds. The Balaban J connectivity index is 1.32. The van der Waals surface area contributed by atoms with E-state index in [-0.39, 0.29) is 36.1 Å². The van der Waals surface area contributed by atoms with Crippen LogP contribution < -0.4 is 5.32 Å². The van der Waals surface area contributed by atoms with E-state index in [0.717, 1.165) is 36.6 Å². The van der Waals surface area contributed by atoms with Crippen LogP contribution in [0, 0.1) is 11.8 Å². The first kappa shape index (κ1) is 18.5. The molecule has 30 heavy (non-hydrogen) atoms. The number of benzene rings is 2. The highest BCUT2D eigenvalue weighted by Gasteiger charge is 2.40. The highest BCUT2D eigenvalue weighted by atomic mass is 16.2. The lowest BCUT2D eigenvalue weighted by molar-refractivity contribution is -0.122. The molecule has 0 radical (unpaired) electrons. The molecule has 2 heterocycles. The Bertz CT molecular complexity index is 1120. The molecular formula is C23H22N4O3. The summed E-state index contributed by atoms with van der Waals surface area (Å²) < 4.78 is 0. The van der Waals surface area contributed by atoms with Crippen LogP contribution in [-0.2, 0) is 4.79 Å². The van der Waals surface area contributed by atoms with Crippen molar-refractivity contribution in [2.24, 2.45) is 11.8 Å². The van der Waals surface area contributed by atoms with Gasteiger partial charge in [-0.2, -0.15) is 5.10 Å². The standard InChI is InChI=1S/C23H22N4O3/c28-21(25-16-10-9-14-12-24-26-20(14)11-16)17-6-2-1-5-15(17)13-27-22(29)18-7-3-4-8-19(18)23(27)30/h3-4,7-12,15,17H,1-2,5-6,13H2,(H,24,26)(H,25,28). The second-order valence-electron chi connectivity index (χ2n) is 8.08. The molecule has 0 saturated heterocycles. The van der Waals surface area contributed by atoms with Crippen LogP contribution in [0.3, 0.4) is 0 Å². The van der Waals surface area contributed by atoms with Gasteiger partial charge >= 0.3 is 0 Å². The third-order valence-corrected chi connectivity index (χ3v) is 6.25. The van der Waals surface area contributed by atoms with Gasteiger partial charge in [0.2, 0.25) is 5.91 Å². The van der Waals surface area contributed by atoms with Gasteiger partial charge in [0, 0.05) is 23.5 Å². The van der Waals surface area contributed by atoms with Gasteiger partial charge in [-0.3, -0.25) is 24.4 Å². The number of H-pyrrole nitrogens is 1. The number of aromatic amines is 1. The van der Waals surface area contributed by atoms with Crippen LogP contribution in [0.5, 0.6) is 0 Å². The molecule has 2 N–H and O–H groups in total. The van der Waals surface area contributed by atoms with Gasteiger partial charge in [0.1, 0.15) is 0 Å². The molecule has 2 atom stereocenters. The van der Waals surface area contributed by atoms with Crippen molar-refractivity contribution in [3.05, 3.63) is 59.8 Å². The number of nitrogens with zero attached hydrogens (tertiary/aromatic N) is 2. The number of carbonyl (C=O) groups excluding carboxylic acids is 3. The molecular weight excluding hydrogens is 380 g/mol. The number of fused-ring (bicyclic) bond motifs is 2. The second kappa shape index (κ2) is 7.40. The SMILES string of the molecule is O=C(Nc1ccc2cn[nH]c2c1)C1CCCCC1CN1C(=O)c2ccccc2C1=O. The van der Waals surface area contributed by atoms with Crippen LogP contribution in [0.2, 0.25) is 0 Å². The summed E-state index contributed by atoms with van der Waals surface area (Å²) >= 11 is 0. The van der Waals surface area contributed by atoms with Crippen LogP contribution in [0.4, 0.5) is 5.69 Å². The third-order valence-electron chi connectivity index (χ3n) is 6.25. The zero-order valence-corrected chi connectivity index (χ0v) is 16.4. The fraction of sp³-hybridized carbons (Fsp3) is 0.304. The van der Waals surface area contributed by atoms with Crippen molar-refractivity contribution in [2.45, 2.75) is 25.7 Å². The van der Waals surface area contributed by atoms with Gasteiger partial charge < -0.3 is 5.32 Å². The molecule has 7 nitrogen and oxygen atoms in total. The fourth-order valence-electron chi connectivity index (χ4n) is 4.66. The van der Waals surface area contributed by atoms with E-state index in [1.54, 1.807) is 30.5 Å². The summed E-state index contributed by atoms with van der Waals surface area (Å²) in [5, 5.41) is 10.9. The molecule has 2 aromatic carbocycles. The predicted octanol–water partition coefficient (Wildman–Crippen LogP) is 3.60. The molecule has 1 aliphatic heterocycles. The van der Waals surface area contributed by atoms with Crippen molar-refractivity contribution >= 4 is 34.3 Å². The minimum Gasteiger partial charge on any atom is -0.326 e. The molecule has 2 aliphatic rings. The van der Waals surface area contributed by atoms with Gasteiger partial charge in [-0.05, 0) is 49.1 Å². The zero-order chi connectivity index (χ0) is 20.7. The highest BCUT2D eigenvalue weighted by Crippen LogP contribution is 2.34. The Labute approximate surface area is 173 Å². The molecule has 3 aromatic rings. The number of anilines is 1. The monoisotopic (exact) mass is 402 g/mol. The average molecular weight is 402 g/mol. The fourth-order valence-corrected chi connectivity index (χ4v) is 4.66. The Hall–Kier alpha value is -3.48. The van der Waals surface area contributed by atoms with E-state index >= 15 is 0 Å². The largest absolute Gasteiger partial charge is 0.326 e. The van der Waals surface area contributed by atoms with Gasteiger partial charge in [-0.25, -0.2) is 0 Å². The number of amides is 3. The summed E-state index contributed by atoms with van der Waals surface area (Å²) in [5.41, 5.74) is 2.47. The van der Waals surface area contributed by atoms with Crippen molar-refractivity contribution in [3.63, 3.8) is 0 Å². The van der Waals surface area contributed by atoms with E-state index in [0.29, 0.717) is 16.8 Å². The molecule has 1 aromatic heterocycles. The number of aromatic nitrogens is 2. The van der Waals surface area contributed by atoms with Crippen LogP contribution in [0.15, 0.2) is 48.7 Å². The van der Waals surface area contributed by atoms with E-state index in [4.69, 9.17) is 0 Å². The number of hydrogen-bond acceptors (Lipinski definition) is 4. The summed E-state index contributed by atoms with van der Waals surface area (Å²) in [6, 6.07) is 12.5. The van der Waals surface area contributed by atoms with E-state index in [1.165, 1.54) is 4.90 Å². The molecule has 5 rings (SSSR count). The number of nitrogens with one attached hydrogen (secondary N) is 2. The average Bonchev–Trinajstić information content (AvgIpc) is 3.33. The Kier molecular flexibility index (Phi) is 4.58. The second-order valence-corrected chi connectivity index (χ2v) is 8.08. The number of hydrogen-bond donors (Lipinski definition) is 2. The molecule has 1 aliphatic carbocycles. The van der Waals surface area contributed by atoms with E-state index in [9.17, 15) is 14.4 Å². The van der Waals surface area contributed by atoms with Crippen molar-refractivity contribution < 1.29 is 14.4 Å². The maximum atomic E-state index is 13.1. The lowest BCUT2D eigenvalue weighted by Crippen LogP contribution is -2.41.